The van der Waals surface area contributed by atoms with Crippen LogP contribution in [0.5, 0.6) is 0 Å². The van der Waals surface area contributed by atoms with Crippen LogP contribution in [0.1, 0.15) is 34.6 Å². The minimum atomic E-state index is -2.74. The van der Waals surface area contributed by atoms with Gasteiger partial charge in [0.25, 0.3) is 0 Å². The minimum Gasteiger partial charge on any atom is -0.373 e. The molecule has 3 rings (SSSR count). The molecule has 0 fully saturated rings. The fourth-order valence-corrected chi connectivity index (χ4v) is 7.99. The summed E-state index contributed by atoms with van der Waals surface area (Å²) in [5.41, 5.74) is 0. The summed E-state index contributed by atoms with van der Waals surface area (Å²) in [5.74, 6) is 1.02. The number of amidine groups is 1. The van der Waals surface area contributed by atoms with Crippen LogP contribution in [0, 0.1) is 0 Å². The van der Waals surface area contributed by atoms with E-state index in [1.54, 1.807) is 0 Å². The topological polar surface area (TPSA) is 66.5 Å². The lowest BCUT2D eigenvalue weighted by atomic mass is 10.4. The van der Waals surface area contributed by atoms with E-state index >= 15 is 0 Å². The van der Waals surface area contributed by atoms with Crippen LogP contribution in [0.25, 0.3) is 0 Å². The molecule has 1 N–H and O–H groups in total. The standard InChI is InChI=1S/C17H28N8Si/c1-15(2)21-17(5)25(16(3)4)26(22-9-6-18-12-22,23-10-7-19-13-23)24-11-8-20-14-24/h6-13,15-16,20H,14H2,1-5H3. The van der Waals surface area contributed by atoms with Crippen LogP contribution in [0.2, 0.25) is 0 Å². The first kappa shape index (κ1) is 18.2. The van der Waals surface area contributed by atoms with E-state index in [0.717, 1.165) is 12.5 Å². The molecule has 0 radical (unpaired) electrons. The second-order valence-corrected chi connectivity index (χ2v) is 10.2. The van der Waals surface area contributed by atoms with Gasteiger partial charge in [0.15, 0.2) is 0 Å². The molecule has 3 heterocycles. The second kappa shape index (κ2) is 7.36. The zero-order chi connectivity index (χ0) is 18.7. The summed E-state index contributed by atoms with van der Waals surface area (Å²) in [6, 6.07) is 0.462. The van der Waals surface area contributed by atoms with Gasteiger partial charge in [-0.3, -0.25) is 4.99 Å². The summed E-state index contributed by atoms with van der Waals surface area (Å²) in [6.45, 7) is 11.5. The normalized spacial score (nSPS) is 15.2. The van der Waals surface area contributed by atoms with Crippen molar-refractivity contribution in [1.82, 2.24) is 32.9 Å². The van der Waals surface area contributed by atoms with Crippen LogP contribution in [-0.2, 0) is 0 Å². The summed E-state index contributed by atoms with van der Waals surface area (Å²) in [7, 11) is -2.74. The summed E-state index contributed by atoms with van der Waals surface area (Å²) >= 11 is 0. The molecular formula is C17H28N8Si. The first-order valence-corrected chi connectivity index (χ1v) is 10.7. The predicted octanol–water partition coefficient (Wildman–Crippen LogP) is 1.78. The lowest BCUT2D eigenvalue weighted by Gasteiger charge is -2.49. The highest BCUT2D eigenvalue weighted by molar-refractivity contribution is 6.74. The number of aliphatic imine (C=N–C) groups is 1. The maximum atomic E-state index is 4.89. The van der Waals surface area contributed by atoms with Crippen LogP contribution in [0.4, 0.5) is 0 Å². The summed E-state index contributed by atoms with van der Waals surface area (Å²) in [6.07, 6.45) is 15.6. The van der Waals surface area contributed by atoms with Crippen LogP contribution in [0.15, 0.2) is 54.8 Å². The number of imidazole rings is 2. The van der Waals surface area contributed by atoms with E-state index in [4.69, 9.17) is 4.99 Å². The van der Waals surface area contributed by atoms with E-state index in [2.05, 4.69) is 73.7 Å². The number of hydrogen-bond acceptors (Lipinski definition) is 5. The Morgan fingerprint density at radius 3 is 2.12 bits per heavy atom. The minimum absolute atomic E-state index is 0.223. The molecule has 1 aliphatic heterocycles. The molecule has 0 saturated heterocycles. The third-order valence-electron chi connectivity index (χ3n) is 4.35. The molecule has 0 amide bonds. The fraction of sp³-hybridized carbons (Fsp3) is 0.471. The van der Waals surface area contributed by atoms with Gasteiger partial charge in [0.2, 0.25) is 0 Å². The molecule has 2 aromatic heterocycles. The Labute approximate surface area is 156 Å². The van der Waals surface area contributed by atoms with Crippen molar-refractivity contribution in [3.05, 3.63) is 49.8 Å². The van der Waals surface area contributed by atoms with Crippen molar-refractivity contribution >= 4 is 14.6 Å². The number of nitrogens with zero attached hydrogens (tertiary/aromatic N) is 7. The Morgan fingerprint density at radius 1 is 1.12 bits per heavy atom. The monoisotopic (exact) mass is 372 g/mol. The molecule has 9 heteroatoms. The number of aromatic nitrogens is 4. The molecule has 2 aromatic rings. The lowest BCUT2D eigenvalue weighted by molar-refractivity contribution is 0.389. The molecule has 0 unspecified atom stereocenters. The molecule has 0 bridgehead atoms. The molecule has 0 atom stereocenters. The highest BCUT2D eigenvalue weighted by atomic mass is 28.4. The van der Waals surface area contributed by atoms with Gasteiger partial charge in [0, 0.05) is 49.3 Å². The average Bonchev–Trinajstić information content (AvgIpc) is 3.35. The maximum Gasteiger partial charge on any atom is 0.515 e. The Morgan fingerprint density at radius 2 is 1.73 bits per heavy atom. The van der Waals surface area contributed by atoms with Gasteiger partial charge in [-0.1, -0.05) is 0 Å². The van der Waals surface area contributed by atoms with Crippen molar-refractivity contribution in [3.8, 4) is 0 Å². The van der Waals surface area contributed by atoms with Gasteiger partial charge in [-0.2, -0.15) is 0 Å². The molecule has 26 heavy (non-hydrogen) atoms. The van der Waals surface area contributed by atoms with Crippen LogP contribution in [0.3, 0.4) is 0 Å². The smallest absolute Gasteiger partial charge is 0.373 e. The van der Waals surface area contributed by atoms with Gasteiger partial charge in [-0.15, -0.1) is 0 Å². The van der Waals surface area contributed by atoms with Gasteiger partial charge in [-0.25, -0.2) is 9.97 Å². The van der Waals surface area contributed by atoms with Gasteiger partial charge in [0.05, 0.1) is 25.2 Å². The highest BCUT2D eigenvalue weighted by Crippen LogP contribution is 2.25. The van der Waals surface area contributed by atoms with Crippen molar-refractivity contribution in [2.75, 3.05) is 6.67 Å². The number of rotatable bonds is 6. The Kier molecular flexibility index (Phi) is 5.17. The summed E-state index contributed by atoms with van der Waals surface area (Å²) in [4.78, 5) is 13.6. The largest absolute Gasteiger partial charge is 0.515 e. The first-order chi connectivity index (χ1) is 12.5. The molecule has 0 saturated carbocycles. The third-order valence-corrected chi connectivity index (χ3v) is 8.83. The van der Waals surface area contributed by atoms with E-state index in [-0.39, 0.29) is 12.1 Å². The van der Waals surface area contributed by atoms with Crippen LogP contribution >= 0.6 is 0 Å². The quantitative estimate of drug-likeness (QED) is 0.476. The molecule has 0 aliphatic carbocycles. The van der Waals surface area contributed by atoms with Crippen molar-refractivity contribution < 1.29 is 0 Å². The number of nitrogens with one attached hydrogen (secondary N) is 1. The van der Waals surface area contributed by atoms with Crippen molar-refractivity contribution in [1.29, 1.82) is 0 Å². The molecular weight excluding hydrogens is 344 g/mol. The van der Waals surface area contributed by atoms with Gasteiger partial charge in [-0.05, 0) is 34.6 Å². The number of hydrogen-bond donors (Lipinski definition) is 1. The van der Waals surface area contributed by atoms with Crippen LogP contribution in [-0.4, -0.2) is 60.9 Å². The average molecular weight is 373 g/mol. The van der Waals surface area contributed by atoms with Crippen molar-refractivity contribution in [2.45, 2.75) is 46.7 Å². The van der Waals surface area contributed by atoms with Crippen molar-refractivity contribution in [3.63, 3.8) is 0 Å². The molecule has 0 aromatic carbocycles. The first-order valence-electron chi connectivity index (χ1n) is 8.95. The second-order valence-electron chi connectivity index (χ2n) is 6.92. The zero-order valence-electron chi connectivity index (χ0n) is 16.1. The van der Waals surface area contributed by atoms with Crippen molar-refractivity contribution in [2.24, 2.45) is 4.99 Å². The van der Waals surface area contributed by atoms with E-state index < -0.39 is 8.72 Å². The van der Waals surface area contributed by atoms with Crippen LogP contribution < -0.4 is 5.32 Å². The summed E-state index contributed by atoms with van der Waals surface area (Å²) < 4.78 is 9.25. The van der Waals surface area contributed by atoms with E-state index in [0.29, 0.717) is 0 Å². The zero-order valence-corrected chi connectivity index (χ0v) is 17.1. The molecule has 8 nitrogen and oxygen atoms in total. The third kappa shape index (κ3) is 3.02. The Balaban J connectivity index is 2.29. The van der Waals surface area contributed by atoms with E-state index in [1.807, 2.05) is 43.6 Å². The summed E-state index contributed by atoms with van der Waals surface area (Å²) in [5, 5.41) is 3.32. The Hall–Kier alpha value is -2.55. The van der Waals surface area contributed by atoms with E-state index in [9.17, 15) is 0 Å². The molecule has 0 spiro atoms. The Bertz CT molecular complexity index is 714. The maximum absolute atomic E-state index is 4.89. The van der Waals surface area contributed by atoms with Gasteiger partial charge < -0.3 is 22.9 Å². The highest BCUT2D eigenvalue weighted by Gasteiger charge is 2.54. The van der Waals surface area contributed by atoms with E-state index in [1.165, 1.54) is 0 Å². The fourth-order valence-electron chi connectivity index (χ4n) is 3.62. The molecule has 140 valence electrons. The predicted molar refractivity (Wildman–Crippen MR) is 105 cm³/mol. The SMILES string of the molecule is CC(=NC(C)C)N(C(C)C)[Si](N1C=CNC1)(n1ccnc1)n1ccnc1. The molecule has 1 aliphatic rings. The lowest BCUT2D eigenvalue weighted by Crippen LogP contribution is -2.75. The van der Waals surface area contributed by atoms with Gasteiger partial charge >= 0.3 is 8.72 Å². The van der Waals surface area contributed by atoms with Gasteiger partial charge in [0.1, 0.15) is 0 Å².